The first-order chi connectivity index (χ1) is 9.38. The second kappa shape index (κ2) is 4.99. The highest BCUT2D eigenvalue weighted by atomic mass is 15.3. The first kappa shape index (κ1) is 11.6. The average molecular weight is 251 g/mol. The van der Waals surface area contributed by atoms with Crippen molar-refractivity contribution < 1.29 is 0 Å². The lowest BCUT2D eigenvalue weighted by Crippen LogP contribution is -2.00. The first-order valence-corrected chi connectivity index (χ1v) is 5.99. The van der Waals surface area contributed by atoms with Gasteiger partial charge in [0.25, 0.3) is 0 Å². The summed E-state index contributed by atoms with van der Waals surface area (Å²) >= 11 is 0. The van der Waals surface area contributed by atoms with Gasteiger partial charge in [-0.15, -0.1) is 10.2 Å². The van der Waals surface area contributed by atoms with Crippen molar-refractivity contribution in [3.05, 3.63) is 60.6 Å². The molecule has 3 aromatic rings. The van der Waals surface area contributed by atoms with E-state index in [1.54, 1.807) is 12.5 Å². The van der Waals surface area contributed by atoms with Crippen LogP contribution in [0.4, 0.5) is 0 Å². The monoisotopic (exact) mass is 251 g/mol. The van der Waals surface area contributed by atoms with E-state index in [9.17, 15) is 0 Å². The van der Waals surface area contributed by atoms with Crippen LogP contribution >= 0.6 is 0 Å². The van der Waals surface area contributed by atoms with Crippen molar-refractivity contribution in [2.75, 3.05) is 0 Å². The van der Waals surface area contributed by atoms with Gasteiger partial charge in [-0.05, 0) is 23.8 Å². The molecule has 2 heterocycles. The van der Waals surface area contributed by atoms with Gasteiger partial charge in [-0.3, -0.25) is 9.55 Å². The van der Waals surface area contributed by atoms with Gasteiger partial charge in [0.05, 0.1) is 0 Å². The highest BCUT2D eigenvalue weighted by Crippen LogP contribution is 2.18. The van der Waals surface area contributed by atoms with Crippen LogP contribution in [0.5, 0.6) is 0 Å². The van der Waals surface area contributed by atoms with Crippen LogP contribution in [-0.2, 0) is 6.54 Å². The molecule has 5 nitrogen and oxygen atoms in total. The Bertz CT molecular complexity index is 658. The van der Waals surface area contributed by atoms with E-state index in [1.807, 2.05) is 47.0 Å². The summed E-state index contributed by atoms with van der Waals surface area (Å²) in [6, 6.07) is 13.8. The summed E-state index contributed by atoms with van der Waals surface area (Å²) in [5.74, 6) is 0.717. The molecule has 0 aliphatic carbocycles. The predicted molar refractivity (Wildman–Crippen MR) is 72.5 cm³/mol. The van der Waals surface area contributed by atoms with Crippen LogP contribution in [0, 0.1) is 0 Å². The summed E-state index contributed by atoms with van der Waals surface area (Å²) in [6.45, 7) is 0.485. The molecule has 0 fully saturated rings. The maximum Gasteiger partial charge on any atom is 0.186 e. The summed E-state index contributed by atoms with van der Waals surface area (Å²) in [4.78, 5) is 4.37. The Morgan fingerprint density at radius 2 is 1.89 bits per heavy atom. The molecule has 0 aliphatic rings. The van der Waals surface area contributed by atoms with Gasteiger partial charge in [0, 0.05) is 18.4 Å². The standard InChI is InChI=1S/C14H13N5/c15-8-11-6-7-13(16-9-11)14-18-17-10-19(14)12-4-2-1-3-5-12/h1-7,9-10H,8,15H2. The quantitative estimate of drug-likeness (QED) is 0.770. The van der Waals surface area contributed by atoms with Crippen molar-refractivity contribution in [1.29, 1.82) is 0 Å². The van der Waals surface area contributed by atoms with E-state index in [0.29, 0.717) is 6.54 Å². The van der Waals surface area contributed by atoms with Crippen molar-refractivity contribution in [1.82, 2.24) is 19.7 Å². The second-order valence-corrected chi connectivity index (χ2v) is 4.12. The van der Waals surface area contributed by atoms with Crippen LogP contribution in [0.2, 0.25) is 0 Å². The number of nitrogens with zero attached hydrogens (tertiary/aromatic N) is 4. The van der Waals surface area contributed by atoms with E-state index in [2.05, 4.69) is 15.2 Å². The number of rotatable bonds is 3. The van der Waals surface area contributed by atoms with Gasteiger partial charge in [-0.25, -0.2) is 0 Å². The molecule has 0 amide bonds. The molecular formula is C14H13N5. The highest BCUT2D eigenvalue weighted by molar-refractivity contribution is 5.53. The van der Waals surface area contributed by atoms with Crippen LogP contribution < -0.4 is 5.73 Å². The van der Waals surface area contributed by atoms with Crippen molar-refractivity contribution in [2.45, 2.75) is 6.54 Å². The Labute approximate surface area is 110 Å². The summed E-state index contributed by atoms with van der Waals surface area (Å²) in [6.07, 6.45) is 3.45. The van der Waals surface area contributed by atoms with E-state index >= 15 is 0 Å². The minimum Gasteiger partial charge on any atom is -0.326 e. The number of para-hydroxylation sites is 1. The van der Waals surface area contributed by atoms with Crippen LogP contribution in [-0.4, -0.2) is 19.7 Å². The van der Waals surface area contributed by atoms with E-state index in [0.717, 1.165) is 22.8 Å². The van der Waals surface area contributed by atoms with Crippen LogP contribution in [0.1, 0.15) is 5.56 Å². The third-order valence-corrected chi connectivity index (χ3v) is 2.87. The molecule has 0 atom stereocenters. The number of benzene rings is 1. The third kappa shape index (κ3) is 2.23. The first-order valence-electron chi connectivity index (χ1n) is 5.99. The molecular weight excluding hydrogens is 238 g/mol. The van der Waals surface area contributed by atoms with E-state index in [-0.39, 0.29) is 0 Å². The molecule has 3 rings (SSSR count). The zero-order valence-electron chi connectivity index (χ0n) is 10.3. The van der Waals surface area contributed by atoms with Gasteiger partial charge in [0.1, 0.15) is 12.0 Å². The summed E-state index contributed by atoms with van der Waals surface area (Å²) < 4.78 is 1.91. The topological polar surface area (TPSA) is 69.6 Å². The normalized spacial score (nSPS) is 10.6. The Hall–Kier alpha value is -2.53. The fourth-order valence-corrected chi connectivity index (χ4v) is 1.86. The van der Waals surface area contributed by atoms with Crippen molar-refractivity contribution >= 4 is 0 Å². The van der Waals surface area contributed by atoms with Crippen LogP contribution in [0.15, 0.2) is 55.0 Å². The van der Waals surface area contributed by atoms with Crippen molar-refractivity contribution in [3.63, 3.8) is 0 Å². The molecule has 0 saturated carbocycles. The van der Waals surface area contributed by atoms with E-state index in [1.165, 1.54) is 0 Å². The minimum atomic E-state index is 0.485. The molecule has 94 valence electrons. The summed E-state index contributed by atoms with van der Waals surface area (Å²) in [5, 5.41) is 8.10. The maximum absolute atomic E-state index is 5.57. The molecule has 0 bridgehead atoms. The molecule has 5 heteroatoms. The third-order valence-electron chi connectivity index (χ3n) is 2.87. The molecule has 0 spiro atoms. The largest absolute Gasteiger partial charge is 0.326 e. The molecule has 0 radical (unpaired) electrons. The van der Waals surface area contributed by atoms with Gasteiger partial charge >= 0.3 is 0 Å². The fraction of sp³-hybridized carbons (Fsp3) is 0.0714. The van der Waals surface area contributed by atoms with Crippen molar-refractivity contribution in [2.24, 2.45) is 5.73 Å². The molecule has 19 heavy (non-hydrogen) atoms. The Morgan fingerprint density at radius 1 is 1.05 bits per heavy atom. The van der Waals surface area contributed by atoms with Crippen molar-refractivity contribution in [3.8, 4) is 17.2 Å². The number of pyridine rings is 1. The van der Waals surface area contributed by atoms with Gasteiger partial charge < -0.3 is 5.73 Å². The lowest BCUT2D eigenvalue weighted by molar-refractivity contribution is 1.02. The molecule has 2 aromatic heterocycles. The fourth-order valence-electron chi connectivity index (χ4n) is 1.86. The van der Waals surface area contributed by atoms with Gasteiger partial charge in [0.2, 0.25) is 0 Å². The zero-order chi connectivity index (χ0) is 13.1. The van der Waals surface area contributed by atoms with Crippen LogP contribution in [0.3, 0.4) is 0 Å². The number of aromatic nitrogens is 4. The van der Waals surface area contributed by atoms with E-state index < -0.39 is 0 Å². The Balaban J connectivity index is 2.04. The summed E-state index contributed by atoms with van der Waals surface area (Å²) in [5.41, 5.74) is 8.34. The maximum atomic E-state index is 5.57. The predicted octanol–water partition coefficient (Wildman–Crippen LogP) is 1.79. The van der Waals surface area contributed by atoms with Gasteiger partial charge in [-0.2, -0.15) is 0 Å². The molecule has 0 saturated heterocycles. The number of nitrogens with two attached hydrogens (primary N) is 1. The number of hydrogen-bond donors (Lipinski definition) is 1. The second-order valence-electron chi connectivity index (χ2n) is 4.12. The van der Waals surface area contributed by atoms with Gasteiger partial charge in [0.15, 0.2) is 5.82 Å². The van der Waals surface area contributed by atoms with Crippen LogP contribution in [0.25, 0.3) is 17.2 Å². The minimum absolute atomic E-state index is 0.485. The van der Waals surface area contributed by atoms with Gasteiger partial charge in [-0.1, -0.05) is 24.3 Å². The SMILES string of the molecule is NCc1ccc(-c2nncn2-c2ccccc2)nc1. The number of hydrogen-bond acceptors (Lipinski definition) is 4. The zero-order valence-corrected chi connectivity index (χ0v) is 10.3. The molecule has 0 unspecified atom stereocenters. The Morgan fingerprint density at radius 3 is 2.58 bits per heavy atom. The Kier molecular flexibility index (Phi) is 3.04. The smallest absolute Gasteiger partial charge is 0.186 e. The lowest BCUT2D eigenvalue weighted by Gasteiger charge is -2.06. The summed E-state index contributed by atoms with van der Waals surface area (Å²) in [7, 11) is 0. The molecule has 1 aromatic carbocycles. The molecule has 2 N–H and O–H groups in total. The molecule has 0 aliphatic heterocycles. The average Bonchev–Trinajstić information content (AvgIpc) is 2.98. The van der Waals surface area contributed by atoms with E-state index in [4.69, 9.17) is 5.73 Å². The lowest BCUT2D eigenvalue weighted by atomic mass is 10.2. The highest BCUT2D eigenvalue weighted by Gasteiger charge is 2.09.